The van der Waals surface area contributed by atoms with Crippen LogP contribution in [0.3, 0.4) is 0 Å². The van der Waals surface area contributed by atoms with Gasteiger partial charge in [-0.1, -0.05) is 24.3 Å². The number of benzene rings is 2. The summed E-state index contributed by atoms with van der Waals surface area (Å²) in [6.45, 7) is 3.78. The van der Waals surface area contributed by atoms with Crippen LogP contribution in [0.25, 0.3) is 10.9 Å². The Kier molecular flexibility index (Phi) is 5.35. The summed E-state index contributed by atoms with van der Waals surface area (Å²) in [5, 5.41) is 8.80. The van der Waals surface area contributed by atoms with Gasteiger partial charge in [0.1, 0.15) is 0 Å². The average Bonchev–Trinajstić information content (AvgIpc) is 2.68. The Labute approximate surface area is 175 Å². The number of carbonyl (C=O) groups is 2. The molecule has 0 aliphatic carbocycles. The van der Waals surface area contributed by atoms with Crippen molar-refractivity contribution in [3.8, 4) is 0 Å². The Morgan fingerprint density at radius 3 is 2.53 bits per heavy atom. The van der Waals surface area contributed by atoms with E-state index in [-0.39, 0.29) is 17.3 Å². The lowest BCUT2D eigenvalue weighted by molar-refractivity contribution is 0.0651. The fourth-order valence-electron chi connectivity index (χ4n) is 3.84. The SMILES string of the molecule is Cc1ccc(C(=O)N2CCC2)cc1CCCc1cccc2c(N)c(C(N)=O)nnc12. The van der Waals surface area contributed by atoms with Gasteiger partial charge in [0, 0.05) is 24.0 Å². The minimum absolute atomic E-state index is 0.000964. The smallest absolute Gasteiger partial charge is 0.271 e. The van der Waals surface area contributed by atoms with Crippen molar-refractivity contribution in [2.75, 3.05) is 18.8 Å². The van der Waals surface area contributed by atoms with Crippen LogP contribution in [0, 0.1) is 6.92 Å². The fourth-order valence-corrected chi connectivity index (χ4v) is 3.84. The predicted molar refractivity (Wildman–Crippen MR) is 116 cm³/mol. The highest BCUT2D eigenvalue weighted by atomic mass is 16.2. The molecule has 0 saturated carbocycles. The number of primary amides is 1. The van der Waals surface area contributed by atoms with Gasteiger partial charge in [-0.15, -0.1) is 10.2 Å². The first-order chi connectivity index (χ1) is 14.5. The van der Waals surface area contributed by atoms with E-state index < -0.39 is 5.91 Å². The minimum Gasteiger partial charge on any atom is -0.396 e. The molecule has 4 N–H and O–H groups in total. The third-order valence-electron chi connectivity index (χ3n) is 5.78. The highest BCUT2D eigenvalue weighted by Gasteiger charge is 2.22. The number of hydrogen-bond acceptors (Lipinski definition) is 5. The van der Waals surface area contributed by atoms with Gasteiger partial charge in [0.25, 0.3) is 11.8 Å². The maximum absolute atomic E-state index is 12.5. The number of likely N-dealkylation sites (tertiary alicyclic amines) is 1. The number of nitrogens with zero attached hydrogens (tertiary/aromatic N) is 3. The molecule has 3 aromatic rings. The Balaban J connectivity index is 1.50. The molecule has 1 aromatic heterocycles. The lowest BCUT2D eigenvalue weighted by Gasteiger charge is -2.31. The molecular weight excluding hydrogens is 378 g/mol. The molecule has 0 unspecified atom stereocenters. The van der Waals surface area contributed by atoms with Gasteiger partial charge in [-0.2, -0.15) is 0 Å². The standard InChI is InChI=1S/C23H25N5O2/c1-14-9-10-17(23(30)28-11-4-12-28)13-16(14)7-2-5-15-6-3-8-18-19(24)21(22(25)29)27-26-20(15)18/h3,6,8-10,13H,2,4-5,7,11-12H2,1H3,(H2,24,26)(H2,25,29). The molecule has 0 atom stereocenters. The molecule has 1 aliphatic heterocycles. The molecule has 1 aliphatic rings. The van der Waals surface area contributed by atoms with Crippen LogP contribution in [0.15, 0.2) is 36.4 Å². The Morgan fingerprint density at radius 2 is 1.83 bits per heavy atom. The van der Waals surface area contributed by atoms with Crippen molar-refractivity contribution in [1.82, 2.24) is 15.1 Å². The number of amides is 2. The van der Waals surface area contributed by atoms with Crippen LogP contribution >= 0.6 is 0 Å². The molecule has 7 heteroatoms. The zero-order valence-corrected chi connectivity index (χ0v) is 17.0. The molecule has 2 heterocycles. The van der Waals surface area contributed by atoms with Crippen LogP contribution in [-0.4, -0.2) is 40.0 Å². The van der Waals surface area contributed by atoms with Crippen molar-refractivity contribution in [1.29, 1.82) is 0 Å². The van der Waals surface area contributed by atoms with Gasteiger partial charge >= 0.3 is 0 Å². The summed E-state index contributed by atoms with van der Waals surface area (Å²) in [5.41, 5.74) is 16.5. The van der Waals surface area contributed by atoms with Gasteiger partial charge in [0.05, 0.1) is 11.2 Å². The fraction of sp³-hybridized carbons (Fsp3) is 0.304. The lowest BCUT2D eigenvalue weighted by atomic mass is 9.97. The maximum atomic E-state index is 12.5. The van der Waals surface area contributed by atoms with E-state index in [2.05, 4.69) is 17.1 Å². The number of fused-ring (bicyclic) bond motifs is 1. The van der Waals surface area contributed by atoms with E-state index in [0.29, 0.717) is 10.9 Å². The first kappa shape index (κ1) is 19.8. The van der Waals surface area contributed by atoms with Crippen LogP contribution in [0.1, 0.15) is 50.4 Å². The molecule has 7 nitrogen and oxygen atoms in total. The monoisotopic (exact) mass is 403 g/mol. The summed E-state index contributed by atoms with van der Waals surface area (Å²) in [5.74, 6) is -0.567. The van der Waals surface area contributed by atoms with Crippen molar-refractivity contribution in [3.05, 3.63) is 64.3 Å². The van der Waals surface area contributed by atoms with Crippen LogP contribution in [0.4, 0.5) is 5.69 Å². The maximum Gasteiger partial charge on any atom is 0.271 e. The molecular formula is C23H25N5O2. The number of nitrogens with two attached hydrogens (primary N) is 2. The summed E-state index contributed by atoms with van der Waals surface area (Å²) >= 11 is 0. The Hall–Kier alpha value is -3.48. The van der Waals surface area contributed by atoms with Crippen molar-refractivity contribution < 1.29 is 9.59 Å². The van der Waals surface area contributed by atoms with E-state index in [1.54, 1.807) is 0 Å². The van der Waals surface area contributed by atoms with Crippen molar-refractivity contribution in [2.24, 2.45) is 5.73 Å². The van der Waals surface area contributed by atoms with Gasteiger partial charge in [0.15, 0.2) is 5.69 Å². The molecule has 154 valence electrons. The average molecular weight is 403 g/mol. The summed E-state index contributed by atoms with van der Waals surface area (Å²) in [6.07, 6.45) is 3.61. The van der Waals surface area contributed by atoms with E-state index in [1.165, 1.54) is 11.1 Å². The van der Waals surface area contributed by atoms with Gasteiger partial charge in [-0.05, 0) is 61.4 Å². The summed E-state index contributed by atoms with van der Waals surface area (Å²) in [6, 6.07) is 11.7. The predicted octanol–water partition coefficient (Wildman–Crippen LogP) is 2.64. The molecule has 2 aromatic carbocycles. The molecule has 30 heavy (non-hydrogen) atoms. The number of carbonyl (C=O) groups excluding carboxylic acids is 2. The summed E-state index contributed by atoms with van der Waals surface area (Å²) in [7, 11) is 0. The molecule has 1 fully saturated rings. The molecule has 4 rings (SSSR count). The number of aromatic nitrogens is 2. The molecule has 1 saturated heterocycles. The molecule has 2 amide bonds. The zero-order valence-electron chi connectivity index (χ0n) is 17.0. The van der Waals surface area contributed by atoms with Crippen molar-refractivity contribution in [3.63, 3.8) is 0 Å². The topological polar surface area (TPSA) is 115 Å². The van der Waals surface area contributed by atoms with Crippen molar-refractivity contribution in [2.45, 2.75) is 32.6 Å². The third-order valence-corrected chi connectivity index (χ3v) is 5.78. The lowest BCUT2D eigenvalue weighted by Crippen LogP contribution is -2.42. The Morgan fingerprint density at radius 1 is 1.07 bits per heavy atom. The highest BCUT2D eigenvalue weighted by molar-refractivity contribution is 6.04. The molecule has 0 radical (unpaired) electrons. The quantitative estimate of drug-likeness (QED) is 0.656. The Bertz CT molecular complexity index is 1140. The van der Waals surface area contributed by atoms with Crippen LogP contribution in [-0.2, 0) is 12.8 Å². The van der Waals surface area contributed by atoms with Crippen LogP contribution < -0.4 is 11.5 Å². The largest absolute Gasteiger partial charge is 0.396 e. The van der Waals surface area contributed by atoms with Gasteiger partial charge in [-0.3, -0.25) is 9.59 Å². The zero-order chi connectivity index (χ0) is 21.3. The van der Waals surface area contributed by atoms with Gasteiger partial charge in [-0.25, -0.2) is 0 Å². The highest BCUT2D eigenvalue weighted by Crippen LogP contribution is 2.25. The molecule has 0 bridgehead atoms. The van der Waals surface area contributed by atoms with Gasteiger partial charge < -0.3 is 16.4 Å². The second-order valence-electron chi connectivity index (χ2n) is 7.78. The number of anilines is 1. The third kappa shape index (κ3) is 3.70. The van der Waals surface area contributed by atoms with E-state index in [1.807, 2.05) is 41.3 Å². The second-order valence-corrected chi connectivity index (χ2v) is 7.78. The first-order valence-electron chi connectivity index (χ1n) is 10.2. The van der Waals surface area contributed by atoms with E-state index in [0.717, 1.165) is 49.9 Å². The summed E-state index contributed by atoms with van der Waals surface area (Å²) in [4.78, 5) is 25.9. The number of hydrogen-bond donors (Lipinski definition) is 2. The first-order valence-corrected chi connectivity index (χ1v) is 10.2. The number of rotatable bonds is 6. The van der Waals surface area contributed by atoms with Crippen LogP contribution in [0.2, 0.25) is 0 Å². The van der Waals surface area contributed by atoms with E-state index in [4.69, 9.17) is 11.5 Å². The van der Waals surface area contributed by atoms with Crippen molar-refractivity contribution >= 4 is 28.4 Å². The second kappa shape index (κ2) is 8.10. The summed E-state index contributed by atoms with van der Waals surface area (Å²) < 4.78 is 0. The van der Waals surface area contributed by atoms with E-state index in [9.17, 15) is 9.59 Å². The van der Waals surface area contributed by atoms with E-state index >= 15 is 0 Å². The van der Waals surface area contributed by atoms with Crippen LogP contribution in [0.5, 0.6) is 0 Å². The minimum atomic E-state index is -0.685. The number of nitrogen functional groups attached to an aromatic ring is 1. The normalized spacial score (nSPS) is 13.3. The molecule has 0 spiro atoms. The van der Waals surface area contributed by atoms with Gasteiger partial charge in [0.2, 0.25) is 0 Å². The number of aryl methyl sites for hydroxylation is 3.